The molecule has 0 aromatic heterocycles. The zero-order chi connectivity index (χ0) is 11.3. The van der Waals surface area contributed by atoms with E-state index < -0.39 is 0 Å². The summed E-state index contributed by atoms with van der Waals surface area (Å²) in [6.45, 7) is 7.49. The maximum absolute atomic E-state index is 10.7. The molecular formula is C10H22ClN3O2. The van der Waals surface area contributed by atoms with Crippen molar-refractivity contribution in [3.8, 4) is 0 Å². The molecule has 0 saturated carbocycles. The van der Waals surface area contributed by atoms with E-state index in [4.69, 9.17) is 10.5 Å². The highest BCUT2D eigenvalue weighted by molar-refractivity contribution is 5.85. The van der Waals surface area contributed by atoms with Gasteiger partial charge in [0.15, 0.2) is 0 Å². The van der Waals surface area contributed by atoms with Crippen LogP contribution in [0.25, 0.3) is 0 Å². The van der Waals surface area contributed by atoms with E-state index in [-0.39, 0.29) is 30.5 Å². The zero-order valence-corrected chi connectivity index (χ0v) is 10.8. The van der Waals surface area contributed by atoms with E-state index in [0.717, 1.165) is 26.2 Å². The van der Waals surface area contributed by atoms with E-state index >= 15 is 0 Å². The van der Waals surface area contributed by atoms with Crippen LogP contribution in [0.2, 0.25) is 0 Å². The van der Waals surface area contributed by atoms with E-state index in [1.165, 1.54) is 6.92 Å². The van der Waals surface area contributed by atoms with Crippen molar-refractivity contribution in [3.63, 3.8) is 0 Å². The van der Waals surface area contributed by atoms with Gasteiger partial charge in [0, 0.05) is 39.1 Å². The fourth-order valence-electron chi connectivity index (χ4n) is 1.73. The van der Waals surface area contributed by atoms with Crippen molar-refractivity contribution < 1.29 is 9.53 Å². The predicted octanol–water partition coefficient (Wildman–Crippen LogP) is -0.408. The molecule has 0 aromatic carbocycles. The molecule has 1 heterocycles. The lowest BCUT2D eigenvalue weighted by Gasteiger charge is -2.33. The molecule has 0 spiro atoms. The van der Waals surface area contributed by atoms with Crippen molar-refractivity contribution in [2.45, 2.75) is 26.0 Å². The number of morpholine rings is 1. The number of hydrogen-bond acceptors (Lipinski definition) is 4. The van der Waals surface area contributed by atoms with Gasteiger partial charge in [0.2, 0.25) is 5.91 Å². The first-order valence-corrected chi connectivity index (χ1v) is 5.42. The molecule has 3 N–H and O–H groups in total. The van der Waals surface area contributed by atoms with Gasteiger partial charge in [-0.15, -0.1) is 12.4 Å². The van der Waals surface area contributed by atoms with Gasteiger partial charge in [0.25, 0.3) is 0 Å². The number of nitrogens with two attached hydrogens (primary N) is 1. The van der Waals surface area contributed by atoms with Crippen molar-refractivity contribution in [1.82, 2.24) is 10.2 Å². The Morgan fingerprint density at radius 2 is 2.38 bits per heavy atom. The molecule has 0 radical (unpaired) electrons. The van der Waals surface area contributed by atoms with Crippen LogP contribution in [0.1, 0.15) is 13.8 Å². The van der Waals surface area contributed by atoms with Crippen molar-refractivity contribution in [3.05, 3.63) is 0 Å². The Labute approximate surface area is 103 Å². The molecular weight excluding hydrogens is 230 g/mol. The van der Waals surface area contributed by atoms with Gasteiger partial charge >= 0.3 is 0 Å². The Kier molecular flexibility index (Phi) is 7.66. The summed E-state index contributed by atoms with van der Waals surface area (Å²) in [5.74, 6) is -0.0112. The third-order valence-corrected chi connectivity index (χ3v) is 2.35. The number of rotatable bonds is 4. The third-order valence-electron chi connectivity index (χ3n) is 2.35. The van der Waals surface area contributed by atoms with E-state index in [1.807, 2.05) is 6.92 Å². The number of carbonyl (C=O) groups is 1. The van der Waals surface area contributed by atoms with Gasteiger partial charge in [0.05, 0.1) is 12.7 Å². The van der Waals surface area contributed by atoms with Gasteiger partial charge in [0.1, 0.15) is 0 Å². The van der Waals surface area contributed by atoms with Crippen molar-refractivity contribution in [2.24, 2.45) is 5.73 Å². The fourth-order valence-corrected chi connectivity index (χ4v) is 1.73. The number of halogens is 1. The van der Waals surface area contributed by atoms with E-state index in [1.54, 1.807) is 0 Å². The quantitative estimate of drug-likeness (QED) is 0.713. The molecule has 1 rings (SSSR count). The molecule has 96 valence electrons. The summed E-state index contributed by atoms with van der Waals surface area (Å²) in [6.07, 6.45) is 0.0985. The molecule has 1 aliphatic heterocycles. The fraction of sp³-hybridized carbons (Fsp3) is 0.900. The maximum atomic E-state index is 10.7. The molecule has 5 nitrogen and oxygen atoms in total. The second-order valence-electron chi connectivity index (χ2n) is 4.17. The third kappa shape index (κ3) is 6.27. The number of nitrogens with one attached hydrogen (secondary N) is 1. The topological polar surface area (TPSA) is 67.6 Å². The normalized spacial score (nSPS) is 23.3. The van der Waals surface area contributed by atoms with Crippen LogP contribution in [-0.2, 0) is 9.53 Å². The van der Waals surface area contributed by atoms with Crippen LogP contribution in [0.3, 0.4) is 0 Å². The molecule has 0 aromatic rings. The summed E-state index contributed by atoms with van der Waals surface area (Å²) in [5.41, 5.74) is 5.74. The number of nitrogens with zero attached hydrogens (tertiary/aromatic N) is 1. The van der Waals surface area contributed by atoms with Gasteiger partial charge in [-0.05, 0) is 6.92 Å². The van der Waals surface area contributed by atoms with Crippen LogP contribution in [-0.4, -0.2) is 55.7 Å². The van der Waals surface area contributed by atoms with Crippen LogP contribution >= 0.6 is 12.4 Å². The average molecular weight is 252 g/mol. The Balaban J connectivity index is 0.00000225. The summed E-state index contributed by atoms with van der Waals surface area (Å²) in [6, 6.07) is 0.185. The Morgan fingerprint density at radius 3 is 2.94 bits per heavy atom. The number of carbonyl (C=O) groups excluding carboxylic acids is 1. The number of ether oxygens (including phenoxy) is 1. The summed E-state index contributed by atoms with van der Waals surface area (Å²) < 4.78 is 5.54. The standard InChI is InChI=1S/C10H21N3O2.ClH/c1-8(11)6-13-3-4-15-10(7-13)5-12-9(2)14;/h8,10H,3-7,11H2,1-2H3,(H,12,14);1H. The van der Waals surface area contributed by atoms with Gasteiger partial charge in [-0.25, -0.2) is 0 Å². The van der Waals surface area contributed by atoms with Crippen LogP contribution in [0.5, 0.6) is 0 Å². The molecule has 1 fully saturated rings. The summed E-state index contributed by atoms with van der Waals surface area (Å²) in [4.78, 5) is 13.0. The van der Waals surface area contributed by atoms with E-state index in [9.17, 15) is 4.79 Å². The minimum atomic E-state index is -0.0112. The smallest absolute Gasteiger partial charge is 0.216 e. The maximum Gasteiger partial charge on any atom is 0.216 e. The van der Waals surface area contributed by atoms with Crippen LogP contribution in [0, 0.1) is 0 Å². The average Bonchev–Trinajstić information content (AvgIpc) is 2.14. The van der Waals surface area contributed by atoms with E-state index in [0.29, 0.717) is 6.54 Å². The summed E-state index contributed by atoms with van der Waals surface area (Å²) >= 11 is 0. The van der Waals surface area contributed by atoms with Crippen LogP contribution in [0.15, 0.2) is 0 Å². The molecule has 1 aliphatic rings. The second-order valence-corrected chi connectivity index (χ2v) is 4.17. The molecule has 16 heavy (non-hydrogen) atoms. The SMILES string of the molecule is CC(=O)NCC1CN(CC(C)N)CCO1.Cl. The zero-order valence-electron chi connectivity index (χ0n) is 9.94. The first kappa shape index (κ1) is 15.6. The summed E-state index contributed by atoms with van der Waals surface area (Å²) in [7, 11) is 0. The lowest BCUT2D eigenvalue weighted by Crippen LogP contribution is -2.49. The molecule has 0 bridgehead atoms. The molecule has 0 aliphatic carbocycles. The molecule has 1 saturated heterocycles. The van der Waals surface area contributed by atoms with Crippen LogP contribution in [0.4, 0.5) is 0 Å². The first-order chi connectivity index (χ1) is 7.08. The first-order valence-electron chi connectivity index (χ1n) is 5.42. The Hall–Kier alpha value is -0.360. The van der Waals surface area contributed by atoms with Gasteiger partial charge in [-0.1, -0.05) is 0 Å². The lowest BCUT2D eigenvalue weighted by molar-refractivity contribution is -0.120. The van der Waals surface area contributed by atoms with Crippen molar-refractivity contribution in [2.75, 3.05) is 32.8 Å². The molecule has 2 atom stereocenters. The van der Waals surface area contributed by atoms with E-state index in [2.05, 4.69) is 10.2 Å². The van der Waals surface area contributed by atoms with Crippen molar-refractivity contribution >= 4 is 18.3 Å². The minimum absolute atomic E-state index is 0. The summed E-state index contributed by atoms with van der Waals surface area (Å²) in [5, 5.41) is 2.77. The number of amides is 1. The lowest BCUT2D eigenvalue weighted by atomic mass is 10.2. The largest absolute Gasteiger partial charge is 0.374 e. The highest BCUT2D eigenvalue weighted by Gasteiger charge is 2.20. The molecule has 6 heteroatoms. The van der Waals surface area contributed by atoms with Gasteiger partial charge in [-0.2, -0.15) is 0 Å². The van der Waals surface area contributed by atoms with Crippen molar-refractivity contribution in [1.29, 1.82) is 0 Å². The Bertz CT molecular complexity index is 214. The van der Waals surface area contributed by atoms with Gasteiger partial charge < -0.3 is 15.8 Å². The Morgan fingerprint density at radius 1 is 1.69 bits per heavy atom. The minimum Gasteiger partial charge on any atom is -0.374 e. The monoisotopic (exact) mass is 251 g/mol. The van der Waals surface area contributed by atoms with Gasteiger partial charge in [-0.3, -0.25) is 9.69 Å². The predicted molar refractivity (Wildman–Crippen MR) is 65.8 cm³/mol. The number of hydrogen-bond donors (Lipinski definition) is 2. The molecule has 1 amide bonds. The highest BCUT2D eigenvalue weighted by Crippen LogP contribution is 2.04. The molecule has 2 unspecified atom stereocenters. The van der Waals surface area contributed by atoms with Crippen LogP contribution < -0.4 is 11.1 Å². The second kappa shape index (κ2) is 7.84. The highest BCUT2D eigenvalue weighted by atomic mass is 35.5.